The van der Waals surface area contributed by atoms with Crippen LogP contribution in [0.2, 0.25) is 0 Å². The number of furan rings is 1. The van der Waals surface area contributed by atoms with Gasteiger partial charge in [0, 0.05) is 12.5 Å². The zero-order chi connectivity index (χ0) is 10.6. The molecule has 0 spiro atoms. The van der Waals surface area contributed by atoms with E-state index >= 15 is 0 Å². The smallest absolute Gasteiger partial charge is 0.302 e. The first kappa shape index (κ1) is 11.0. The largest absolute Gasteiger partial charge is 0.461 e. The molecular formula is C9H9BrO4. The van der Waals surface area contributed by atoms with Crippen molar-refractivity contribution in [2.45, 2.75) is 13.5 Å². The van der Waals surface area contributed by atoms with E-state index in [-0.39, 0.29) is 29.4 Å². The van der Waals surface area contributed by atoms with E-state index in [0.29, 0.717) is 5.56 Å². The lowest BCUT2D eigenvalue weighted by Crippen LogP contribution is -1.99. The van der Waals surface area contributed by atoms with Gasteiger partial charge in [-0.1, -0.05) is 15.9 Å². The lowest BCUT2D eigenvalue weighted by molar-refractivity contribution is -0.142. The summed E-state index contributed by atoms with van der Waals surface area (Å²) in [6, 6.07) is 1.56. The average Bonchev–Trinajstić information content (AvgIpc) is 2.62. The van der Waals surface area contributed by atoms with Crippen molar-refractivity contribution in [3.8, 4) is 0 Å². The molecule has 4 nitrogen and oxygen atoms in total. The van der Waals surface area contributed by atoms with Crippen molar-refractivity contribution in [3.05, 3.63) is 23.7 Å². The predicted octanol–water partition coefficient (Wildman–Crippen LogP) is 1.92. The Bertz CT molecular complexity index is 342. The van der Waals surface area contributed by atoms with Crippen LogP contribution in [0.4, 0.5) is 0 Å². The van der Waals surface area contributed by atoms with Gasteiger partial charge in [0.2, 0.25) is 5.78 Å². The molecule has 1 aromatic heterocycles. The highest BCUT2D eigenvalue weighted by atomic mass is 79.9. The third-order valence-electron chi connectivity index (χ3n) is 1.49. The van der Waals surface area contributed by atoms with Crippen LogP contribution in [-0.4, -0.2) is 17.1 Å². The Kier molecular flexibility index (Phi) is 3.88. The summed E-state index contributed by atoms with van der Waals surface area (Å²) in [6.45, 7) is 1.46. The van der Waals surface area contributed by atoms with Gasteiger partial charge in [-0.05, 0) is 6.07 Å². The molecule has 0 radical (unpaired) electrons. The van der Waals surface area contributed by atoms with Crippen LogP contribution in [0.15, 0.2) is 16.7 Å². The van der Waals surface area contributed by atoms with Gasteiger partial charge in [0.25, 0.3) is 0 Å². The second kappa shape index (κ2) is 4.95. The summed E-state index contributed by atoms with van der Waals surface area (Å²) in [7, 11) is 0. The number of halogens is 1. The molecule has 0 aromatic carbocycles. The molecule has 0 saturated carbocycles. The van der Waals surface area contributed by atoms with Gasteiger partial charge in [0.1, 0.15) is 6.61 Å². The van der Waals surface area contributed by atoms with Crippen LogP contribution in [0.5, 0.6) is 0 Å². The Morgan fingerprint density at radius 3 is 2.86 bits per heavy atom. The standard InChI is InChI=1S/C9H9BrO4/c1-6(11)13-4-7-2-9(14-5-7)8(12)3-10/h2,5H,3-4H2,1H3. The minimum Gasteiger partial charge on any atom is -0.461 e. The molecule has 0 saturated heterocycles. The molecule has 5 heteroatoms. The Morgan fingerprint density at radius 1 is 1.57 bits per heavy atom. The van der Waals surface area contributed by atoms with Gasteiger partial charge >= 0.3 is 5.97 Å². The normalized spacial score (nSPS) is 9.86. The fraction of sp³-hybridized carbons (Fsp3) is 0.333. The van der Waals surface area contributed by atoms with Gasteiger partial charge in [0.15, 0.2) is 5.76 Å². The molecule has 0 bridgehead atoms. The maximum atomic E-state index is 11.1. The minimum absolute atomic E-state index is 0.133. The van der Waals surface area contributed by atoms with Crippen LogP contribution < -0.4 is 0 Å². The first-order valence-electron chi connectivity index (χ1n) is 3.93. The lowest BCUT2D eigenvalue weighted by atomic mass is 10.3. The van der Waals surface area contributed by atoms with E-state index < -0.39 is 0 Å². The van der Waals surface area contributed by atoms with Crippen LogP contribution in [0.1, 0.15) is 23.0 Å². The van der Waals surface area contributed by atoms with Crippen LogP contribution in [0.25, 0.3) is 0 Å². The maximum absolute atomic E-state index is 11.1. The van der Waals surface area contributed by atoms with Crippen molar-refractivity contribution < 1.29 is 18.7 Å². The van der Waals surface area contributed by atoms with E-state index in [1.165, 1.54) is 13.2 Å². The summed E-state index contributed by atoms with van der Waals surface area (Å²) in [4.78, 5) is 21.6. The molecule has 1 heterocycles. The molecule has 76 valence electrons. The van der Waals surface area contributed by atoms with Gasteiger partial charge < -0.3 is 9.15 Å². The summed E-state index contributed by atoms with van der Waals surface area (Å²) in [5.41, 5.74) is 0.671. The number of alkyl halides is 1. The zero-order valence-corrected chi connectivity index (χ0v) is 9.17. The number of hydrogen-bond donors (Lipinski definition) is 0. The highest BCUT2D eigenvalue weighted by Crippen LogP contribution is 2.10. The van der Waals surface area contributed by atoms with Crippen molar-refractivity contribution in [1.29, 1.82) is 0 Å². The van der Waals surface area contributed by atoms with Crippen molar-refractivity contribution in [3.63, 3.8) is 0 Å². The van der Waals surface area contributed by atoms with E-state index in [9.17, 15) is 9.59 Å². The molecular weight excluding hydrogens is 252 g/mol. The summed E-state index contributed by atoms with van der Waals surface area (Å²) >= 11 is 3.03. The monoisotopic (exact) mass is 260 g/mol. The SMILES string of the molecule is CC(=O)OCc1coc(C(=O)CBr)c1. The molecule has 0 amide bonds. The number of ketones is 1. The lowest BCUT2D eigenvalue weighted by Gasteiger charge is -1.95. The van der Waals surface area contributed by atoms with Crippen molar-refractivity contribution in [2.24, 2.45) is 0 Å². The first-order valence-corrected chi connectivity index (χ1v) is 5.05. The number of carbonyl (C=O) groups is 2. The first-order chi connectivity index (χ1) is 6.63. The molecule has 0 aliphatic heterocycles. The quantitative estimate of drug-likeness (QED) is 0.472. The Balaban J connectivity index is 2.59. The zero-order valence-electron chi connectivity index (χ0n) is 7.58. The number of carbonyl (C=O) groups excluding carboxylic acids is 2. The molecule has 0 aliphatic rings. The second-order valence-corrected chi connectivity index (χ2v) is 3.22. The Hall–Kier alpha value is -1.10. The van der Waals surface area contributed by atoms with Gasteiger partial charge in [0.05, 0.1) is 11.6 Å². The third kappa shape index (κ3) is 2.99. The highest BCUT2D eigenvalue weighted by molar-refractivity contribution is 9.09. The molecule has 1 rings (SSSR count). The van der Waals surface area contributed by atoms with Crippen molar-refractivity contribution in [1.82, 2.24) is 0 Å². The number of esters is 1. The topological polar surface area (TPSA) is 56.5 Å². The Labute approximate surface area is 89.4 Å². The van der Waals surface area contributed by atoms with E-state index in [1.54, 1.807) is 6.07 Å². The van der Waals surface area contributed by atoms with Crippen LogP contribution in [0, 0.1) is 0 Å². The molecule has 1 aromatic rings. The fourth-order valence-corrected chi connectivity index (χ4v) is 1.12. The van der Waals surface area contributed by atoms with Gasteiger partial charge in [-0.25, -0.2) is 0 Å². The van der Waals surface area contributed by atoms with E-state index in [1.807, 2.05) is 0 Å². The third-order valence-corrected chi connectivity index (χ3v) is 2.00. The van der Waals surface area contributed by atoms with Crippen molar-refractivity contribution >= 4 is 27.7 Å². The van der Waals surface area contributed by atoms with Crippen LogP contribution >= 0.6 is 15.9 Å². The summed E-state index contributed by atoms with van der Waals surface area (Å²) in [5, 5.41) is 0.216. The maximum Gasteiger partial charge on any atom is 0.302 e. The fourth-order valence-electron chi connectivity index (χ4n) is 0.848. The molecule has 0 N–H and O–H groups in total. The number of Topliss-reactive ketones (excluding diaryl/α,β-unsaturated/α-hetero) is 1. The summed E-state index contributed by atoms with van der Waals surface area (Å²) < 4.78 is 9.71. The van der Waals surface area contributed by atoms with Gasteiger partial charge in [-0.2, -0.15) is 0 Å². The van der Waals surface area contributed by atoms with E-state index in [0.717, 1.165) is 0 Å². The second-order valence-electron chi connectivity index (χ2n) is 2.66. The number of ether oxygens (including phenoxy) is 1. The minimum atomic E-state index is -0.362. The molecule has 0 aliphatic carbocycles. The molecule has 0 unspecified atom stereocenters. The van der Waals surface area contributed by atoms with Crippen molar-refractivity contribution in [2.75, 3.05) is 5.33 Å². The molecule has 14 heavy (non-hydrogen) atoms. The van der Waals surface area contributed by atoms with Gasteiger partial charge in [-0.3, -0.25) is 9.59 Å². The van der Waals surface area contributed by atoms with Crippen LogP contribution in [0.3, 0.4) is 0 Å². The summed E-state index contributed by atoms with van der Waals surface area (Å²) in [6.07, 6.45) is 1.40. The average molecular weight is 261 g/mol. The number of rotatable bonds is 4. The number of hydrogen-bond acceptors (Lipinski definition) is 4. The molecule has 0 atom stereocenters. The Morgan fingerprint density at radius 2 is 2.29 bits per heavy atom. The highest BCUT2D eigenvalue weighted by Gasteiger charge is 2.09. The van der Waals surface area contributed by atoms with Gasteiger partial charge in [-0.15, -0.1) is 0 Å². The summed E-state index contributed by atoms with van der Waals surface area (Å²) in [5.74, 6) is -0.234. The molecule has 0 fully saturated rings. The predicted molar refractivity (Wildman–Crippen MR) is 52.3 cm³/mol. The van der Waals surface area contributed by atoms with E-state index in [2.05, 4.69) is 15.9 Å². The van der Waals surface area contributed by atoms with E-state index in [4.69, 9.17) is 9.15 Å². The van der Waals surface area contributed by atoms with Crippen LogP contribution in [-0.2, 0) is 16.1 Å².